The number of ketones is 1. The first-order chi connectivity index (χ1) is 12.6. The monoisotopic (exact) mass is 392 g/mol. The highest BCUT2D eigenvalue weighted by Crippen LogP contribution is 2.40. The van der Waals surface area contributed by atoms with E-state index in [0.29, 0.717) is 32.1 Å². The van der Waals surface area contributed by atoms with Crippen molar-refractivity contribution in [2.45, 2.75) is 102 Å². The number of carboxylic acids is 1. The van der Waals surface area contributed by atoms with Gasteiger partial charge in [0, 0.05) is 31.6 Å². The number of carbonyl (C=O) groups excluding carboxylic acids is 1. The molecule has 0 spiro atoms. The Morgan fingerprint density at radius 3 is 2.37 bits per heavy atom. The fourth-order valence-corrected chi connectivity index (χ4v) is 3.88. The lowest BCUT2D eigenvalue weighted by Gasteiger charge is -2.32. The standard InChI is InChI=1S/C20H34F2O5/c1-2-3-13-19(21,22)20(26,27)14-12-15-10-11-17(23)16(15)8-6-4-5-7-9-18(24)25/h15-16,26-27H,2-14H2,1H3,(H,24,25)/t15-,16-/m1/s1. The van der Waals surface area contributed by atoms with Gasteiger partial charge in [0.2, 0.25) is 5.79 Å². The summed E-state index contributed by atoms with van der Waals surface area (Å²) < 4.78 is 28.0. The van der Waals surface area contributed by atoms with Crippen LogP contribution in [0.15, 0.2) is 0 Å². The molecule has 0 aliphatic heterocycles. The molecule has 0 saturated heterocycles. The molecule has 0 amide bonds. The van der Waals surface area contributed by atoms with Gasteiger partial charge >= 0.3 is 5.97 Å². The summed E-state index contributed by atoms with van der Waals surface area (Å²) in [5, 5.41) is 28.3. The second kappa shape index (κ2) is 11.1. The van der Waals surface area contributed by atoms with E-state index in [0.717, 1.165) is 19.3 Å². The van der Waals surface area contributed by atoms with Gasteiger partial charge in [0.15, 0.2) is 0 Å². The van der Waals surface area contributed by atoms with Gasteiger partial charge in [-0.15, -0.1) is 0 Å². The Hall–Kier alpha value is -1.08. The van der Waals surface area contributed by atoms with E-state index in [4.69, 9.17) is 5.11 Å². The van der Waals surface area contributed by atoms with Crippen LogP contribution in [-0.2, 0) is 9.59 Å². The predicted octanol–water partition coefficient (Wildman–Crippen LogP) is 4.29. The van der Waals surface area contributed by atoms with Gasteiger partial charge in [-0.3, -0.25) is 9.59 Å². The largest absolute Gasteiger partial charge is 0.481 e. The molecule has 0 aromatic rings. The van der Waals surface area contributed by atoms with E-state index >= 15 is 0 Å². The molecule has 0 heterocycles. The van der Waals surface area contributed by atoms with Crippen LogP contribution in [0.4, 0.5) is 8.78 Å². The Morgan fingerprint density at radius 1 is 1.07 bits per heavy atom. The topological polar surface area (TPSA) is 94.8 Å². The van der Waals surface area contributed by atoms with Crippen molar-refractivity contribution in [1.29, 1.82) is 0 Å². The molecule has 1 aliphatic rings. The lowest BCUT2D eigenvalue weighted by molar-refractivity contribution is -0.302. The van der Waals surface area contributed by atoms with Crippen LogP contribution in [0.25, 0.3) is 0 Å². The van der Waals surface area contributed by atoms with Crippen molar-refractivity contribution in [3.05, 3.63) is 0 Å². The molecule has 0 aromatic carbocycles. The molecule has 0 bridgehead atoms. The summed E-state index contributed by atoms with van der Waals surface area (Å²) in [4.78, 5) is 22.6. The summed E-state index contributed by atoms with van der Waals surface area (Å²) >= 11 is 0. The second-order valence-electron chi connectivity index (χ2n) is 7.88. The summed E-state index contributed by atoms with van der Waals surface area (Å²) in [6.07, 6.45) is 4.86. The maximum Gasteiger partial charge on any atom is 0.303 e. The van der Waals surface area contributed by atoms with Gasteiger partial charge in [0.25, 0.3) is 5.92 Å². The first kappa shape index (κ1) is 24.0. The van der Waals surface area contributed by atoms with Gasteiger partial charge in [0.05, 0.1) is 0 Å². The summed E-state index contributed by atoms with van der Waals surface area (Å²) in [6, 6.07) is 0. The molecule has 1 fully saturated rings. The molecule has 27 heavy (non-hydrogen) atoms. The average molecular weight is 392 g/mol. The molecule has 2 atom stereocenters. The smallest absolute Gasteiger partial charge is 0.303 e. The summed E-state index contributed by atoms with van der Waals surface area (Å²) in [7, 11) is 0. The number of aliphatic carboxylic acids is 1. The molecule has 5 nitrogen and oxygen atoms in total. The normalized spacial score (nSPS) is 21.0. The Kier molecular flexibility index (Phi) is 9.81. The zero-order chi connectivity index (χ0) is 20.5. The van der Waals surface area contributed by atoms with Crippen LogP contribution in [-0.4, -0.2) is 38.8 Å². The van der Waals surface area contributed by atoms with Gasteiger partial charge in [-0.2, -0.15) is 0 Å². The minimum atomic E-state index is -3.55. The zero-order valence-electron chi connectivity index (χ0n) is 16.3. The number of aliphatic hydroxyl groups is 2. The first-order valence-electron chi connectivity index (χ1n) is 10.2. The van der Waals surface area contributed by atoms with Crippen molar-refractivity contribution in [3.63, 3.8) is 0 Å². The Bertz CT molecular complexity index is 479. The third-order valence-electron chi connectivity index (χ3n) is 5.69. The van der Waals surface area contributed by atoms with Gasteiger partial charge in [0.1, 0.15) is 5.78 Å². The third kappa shape index (κ3) is 7.82. The SMILES string of the molecule is CCCCC(F)(F)C(O)(O)CC[C@H]1CCC(=O)[C@@H]1CCCCCCC(=O)O. The highest BCUT2D eigenvalue weighted by molar-refractivity contribution is 5.83. The fourth-order valence-electron chi connectivity index (χ4n) is 3.88. The number of carbonyl (C=O) groups is 2. The minimum Gasteiger partial charge on any atom is -0.481 e. The molecular weight excluding hydrogens is 358 g/mol. The minimum absolute atomic E-state index is 0.0860. The van der Waals surface area contributed by atoms with Crippen LogP contribution >= 0.6 is 0 Å². The van der Waals surface area contributed by atoms with Gasteiger partial charge in [-0.1, -0.05) is 32.6 Å². The van der Waals surface area contributed by atoms with Crippen LogP contribution in [0, 0.1) is 11.8 Å². The highest BCUT2D eigenvalue weighted by Gasteiger charge is 2.51. The van der Waals surface area contributed by atoms with E-state index in [1.54, 1.807) is 6.92 Å². The number of Topliss-reactive ketones (excluding diaryl/α,β-unsaturated/α-hetero) is 1. The highest BCUT2D eigenvalue weighted by atomic mass is 19.3. The molecule has 3 N–H and O–H groups in total. The van der Waals surface area contributed by atoms with Crippen molar-refractivity contribution in [2.24, 2.45) is 11.8 Å². The second-order valence-corrected chi connectivity index (χ2v) is 7.88. The van der Waals surface area contributed by atoms with E-state index in [1.165, 1.54) is 0 Å². The number of hydrogen-bond acceptors (Lipinski definition) is 4. The van der Waals surface area contributed by atoms with Crippen molar-refractivity contribution < 1.29 is 33.7 Å². The quantitative estimate of drug-likeness (QED) is 0.303. The third-order valence-corrected chi connectivity index (χ3v) is 5.69. The fraction of sp³-hybridized carbons (Fsp3) is 0.900. The summed E-state index contributed by atoms with van der Waals surface area (Å²) in [6.45, 7) is 1.77. The van der Waals surface area contributed by atoms with E-state index in [1.807, 2.05) is 0 Å². The van der Waals surface area contributed by atoms with Gasteiger partial charge in [-0.25, -0.2) is 8.78 Å². The molecule has 1 aliphatic carbocycles. The molecule has 1 saturated carbocycles. The molecule has 0 unspecified atom stereocenters. The maximum absolute atomic E-state index is 14.0. The van der Waals surface area contributed by atoms with Gasteiger partial charge in [-0.05, 0) is 38.0 Å². The summed E-state index contributed by atoms with van der Waals surface area (Å²) in [5.74, 6) is -7.56. The van der Waals surface area contributed by atoms with Crippen molar-refractivity contribution in [1.82, 2.24) is 0 Å². The van der Waals surface area contributed by atoms with Crippen LogP contribution in [0.1, 0.15) is 90.4 Å². The van der Waals surface area contributed by atoms with Crippen molar-refractivity contribution >= 4 is 11.8 Å². The lowest BCUT2D eigenvalue weighted by atomic mass is 9.84. The average Bonchev–Trinajstić information content (AvgIpc) is 2.94. The van der Waals surface area contributed by atoms with Crippen LogP contribution in [0.2, 0.25) is 0 Å². The molecular formula is C20H34F2O5. The van der Waals surface area contributed by atoms with E-state index in [-0.39, 0.29) is 36.9 Å². The number of unbranched alkanes of at least 4 members (excludes halogenated alkanes) is 4. The number of hydrogen-bond donors (Lipinski definition) is 3. The van der Waals surface area contributed by atoms with Crippen molar-refractivity contribution in [2.75, 3.05) is 0 Å². The molecule has 7 heteroatoms. The van der Waals surface area contributed by atoms with E-state index < -0.39 is 30.5 Å². The van der Waals surface area contributed by atoms with E-state index in [9.17, 15) is 28.6 Å². The van der Waals surface area contributed by atoms with Crippen LogP contribution in [0.5, 0.6) is 0 Å². The molecule has 0 radical (unpaired) electrons. The number of rotatable bonds is 14. The number of halogens is 2. The first-order valence-corrected chi connectivity index (χ1v) is 10.2. The zero-order valence-corrected chi connectivity index (χ0v) is 16.3. The molecule has 0 aromatic heterocycles. The predicted molar refractivity (Wildman–Crippen MR) is 97.4 cm³/mol. The van der Waals surface area contributed by atoms with Crippen molar-refractivity contribution in [3.8, 4) is 0 Å². The molecule has 158 valence electrons. The summed E-state index contributed by atoms with van der Waals surface area (Å²) in [5.41, 5.74) is 0. The number of alkyl halides is 2. The van der Waals surface area contributed by atoms with Gasteiger partial charge < -0.3 is 15.3 Å². The maximum atomic E-state index is 14.0. The Morgan fingerprint density at radius 2 is 1.74 bits per heavy atom. The van der Waals surface area contributed by atoms with Crippen LogP contribution < -0.4 is 0 Å². The Balaban J connectivity index is 2.44. The van der Waals surface area contributed by atoms with E-state index in [2.05, 4.69) is 0 Å². The Labute approximate surface area is 160 Å². The van der Waals surface area contributed by atoms with Crippen LogP contribution in [0.3, 0.4) is 0 Å². The number of carboxylic acid groups (broad SMARTS) is 1. The molecule has 1 rings (SSSR count). The lowest BCUT2D eigenvalue weighted by Crippen LogP contribution is -2.48.